The molecule has 2 aliphatic rings. The summed E-state index contributed by atoms with van der Waals surface area (Å²) in [6.45, 7) is 1.46. The summed E-state index contributed by atoms with van der Waals surface area (Å²) >= 11 is 12.2. The van der Waals surface area contributed by atoms with Crippen molar-refractivity contribution in [3.8, 4) is 0 Å². The lowest BCUT2D eigenvalue weighted by molar-refractivity contribution is -0.137. The van der Waals surface area contributed by atoms with Crippen molar-refractivity contribution in [2.45, 2.75) is 24.8 Å². The molecule has 1 N–H and O–H groups in total. The van der Waals surface area contributed by atoms with Crippen molar-refractivity contribution < 1.29 is 18.8 Å². The molecule has 0 bridgehead atoms. The van der Waals surface area contributed by atoms with E-state index in [1.807, 2.05) is 36.4 Å². The zero-order valence-electron chi connectivity index (χ0n) is 20.7. The number of anilines is 1. The van der Waals surface area contributed by atoms with Crippen molar-refractivity contribution in [3.05, 3.63) is 88.3 Å². The van der Waals surface area contributed by atoms with Crippen LogP contribution in [0.3, 0.4) is 0 Å². The van der Waals surface area contributed by atoms with Crippen LogP contribution < -0.4 is 10.2 Å². The first-order valence-corrected chi connectivity index (χ1v) is 13.3. The first kappa shape index (κ1) is 26.1. The summed E-state index contributed by atoms with van der Waals surface area (Å²) in [4.78, 5) is 44.8. The van der Waals surface area contributed by atoms with Crippen molar-refractivity contribution >= 4 is 46.6 Å². The van der Waals surface area contributed by atoms with E-state index in [1.54, 1.807) is 34.1 Å². The predicted octanol–water partition coefficient (Wildman–Crippen LogP) is 4.23. The van der Waals surface area contributed by atoms with Crippen molar-refractivity contribution in [1.82, 2.24) is 15.1 Å². The highest BCUT2D eigenvalue weighted by Crippen LogP contribution is 2.39. The Morgan fingerprint density at radius 3 is 2.45 bits per heavy atom. The van der Waals surface area contributed by atoms with Crippen LogP contribution in [-0.4, -0.2) is 65.9 Å². The number of hydrogen-bond donors (Lipinski definition) is 1. The molecule has 2 saturated heterocycles. The molecule has 3 heterocycles. The molecular formula is C28H28Cl2N4O4. The number of nitrogens with zero attached hydrogens (tertiary/aromatic N) is 3. The number of amides is 3. The third kappa shape index (κ3) is 5.24. The van der Waals surface area contributed by atoms with Crippen LogP contribution in [0.4, 0.5) is 5.69 Å². The number of nitrogens with one attached hydrogen (secondary N) is 1. The van der Waals surface area contributed by atoms with Crippen LogP contribution in [0, 0.1) is 0 Å². The maximum absolute atomic E-state index is 13.8. The quantitative estimate of drug-likeness (QED) is 0.472. The predicted molar refractivity (Wildman–Crippen MR) is 145 cm³/mol. The summed E-state index contributed by atoms with van der Waals surface area (Å²) < 4.78 is 5.28. The maximum atomic E-state index is 13.8. The van der Waals surface area contributed by atoms with Crippen molar-refractivity contribution in [2.75, 3.05) is 37.7 Å². The standard InChI is InChI=1S/C28H28Cl2N4O4/c29-21-9-8-20(23(30)17-21)10-13-31-25(35)18-33-19-34(22-5-2-1-3-6-22)28(27(33)37)11-14-32(15-12-28)26(36)24-7-4-16-38-24/h1-9,16-17H,10-15,18-19H2,(H,31,35). The maximum Gasteiger partial charge on any atom is 0.289 e. The molecule has 198 valence electrons. The lowest BCUT2D eigenvalue weighted by Crippen LogP contribution is -2.57. The molecule has 0 saturated carbocycles. The second-order valence-electron chi connectivity index (χ2n) is 9.54. The molecule has 0 radical (unpaired) electrons. The molecule has 0 unspecified atom stereocenters. The van der Waals surface area contributed by atoms with Gasteiger partial charge in [-0.05, 0) is 61.2 Å². The highest BCUT2D eigenvalue weighted by molar-refractivity contribution is 6.35. The summed E-state index contributed by atoms with van der Waals surface area (Å²) in [6.07, 6.45) is 2.94. The summed E-state index contributed by atoms with van der Waals surface area (Å²) in [7, 11) is 0. The summed E-state index contributed by atoms with van der Waals surface area (Å²) in [5.74, 6) is -0.225. The van der Waals surface area contributed by atoms with E-state index >= 15 is 0 Å². The van der Waals surface area contributed by atoms with Crippen LogP contribution in [0.25, 0.3) is 0 Å². The van der Waals surface area contributed by atoms with E-state index in [9.17, 15) is 14.4 Å². The number of carbonyl (C=O) groups excluding carboxylic acids is 3. The van der Waals surface area contributed by atoms with Gasteiger partial charge in [-0.25, -0.2) is 0 Å². The van der Waals surface area contributed by atoms with Gasteiger partial charge in [0.2, 0.25) is 5.91 Å². The Balaban J connectivity index is 1.25. The summed E-state index contributed by atoms with van der Waals surface area (Å²) in [6, 6.07) is 18.3. The molecule has 2 aliphatic heterocycles. The van der Waals surface area contributed by atoms with Crippen molar-refractivity contribution in [3.63, 3.8) is 0 Å². The number of halogens is 2. The molecule has 0 atom stereocenters. The Bertz CT molecular complexity index is 1310. The number of rotatable bonds is 7. The SMILES string of the molecule is O=C(CN1CN(c2ccccc2)C2(CCN(C(=O)c3ccco3)CC2)C1=O)NCCc1ccc(Cl)cc1Cl. The van der Waals surface area contributed by atoms with E-state index in [-0.39, 0.29) is 30.0 Å². The van der Waals surface area contributed by atoms with Crippen molar-refractivity contribution in [1.29, 1.82) is 0 Å². The molecule has 2 aromatic carbocycles. The monoisotopic (exact) mass is 554 g/mol. The molecule has 2 fully saturated rings. The largest absolute Gasteiger partial charge is 0.459 e. The number of likely N-dealkylation sites (tertiary alicyclic amines) is 1. The molecule has 1 aromatic heterocycles. The molecule has 1 spiro atoms. The lowest BCUT2D eigenvalue weighted by Gasteiger charge is -2.43. The molecule has 8 nitrogen and oxygen atoms in total. The highest BCUT2D eigenvalue weighted by atomic mass is 35.5. The minimum absolute atomic E-state index is 0.0483. The number of hydrogen-bond acceptors (Lipinski definition) is 5. The Morgan fingerprint density at radius 1 is 1.00 bits per heavy atom. The number of benzene rings is 2. The van der Waals surface area contributed by atoms with Crippen LogP contribution in [0.1, 0.15) is 29.0 Å². The molecule has 38 heavy (non-hydrogen) atoms. The molecule has 3 aromatic rings. The average molecular weight is 555 g/mol. The van der Waals surface area contributed by atoms with Crippen LogP contribution >= 0.6 is 23.2 Å². The smallest absolute Gasteiger partial charge is 0.289 e. The fraction of sp³-hybridized carbons (Fsp3) is 0.321. The zero-order valence-corrected chi connectivity index (χ0v) is 22.3. The van der Waals surface area contributed by atoms with Gasteiger partial charge in [0, 0.05) is 35.4 Å². The van der Waals surface area contributed by atoms with E-state index in [1.165, 1.54) is 6.26 Å². The molecular weight excluding hydrogens is 527 g/mol. The van der Waals surface area contributed by atoms with Crippen molar-refractivity contribution in [2.24, 2.45) is 0 Å². The van der Waals surface area contributed by atoms with Gasteiger partial charge in [0.15, 0.2) is 5.76 Å². The van der Waals surface area contributed by atoms with Gasteiger partial charge < -0.3 is 24.4 Å². The Morgan fingerprint density at radius 2 is 1.76 bits per heavy atom. The van der Waals surface area contributed by atoms with Crippen LogP contribution in [0.5, 0.6) is 0 Å². The molecule has 3 amide bonds. The Kier molecular flexibility index (Phi) is 7.63. The van der Waals surface area contributed by atoms with Gasteiger partial charge >= 0.3 is 0 Å². The number of piperidine rings is 1. The Hall–Kier alpha value is -3.49. The topological polar surface area (TPSA) is 86.1 Å². The van der Waals surface area contributed by atoms with E-state index in [4.69, 9.17) is 27.6 Å². The Labute approximate surface area is 231 Å². The van der Waals surface area contributed by atoms with E-state index in [2.05, 4.69) is 10.2 Å². The van der Waals surface area contributed by atoms with Gasteiger partial charge in [-0.2, -0.15) is 0 Å². The van der Waals surface area contributed by atoms with Gasteiger partial charge in [-0.1, -0.05) is 47.5 Å². The van der Waals surface area contributed by atoms with Crippen LogP contribution in [0.15, 0.2) is 71.3 Å². The van der Waals surface area contributed by atoms with Crippen LogP contribution in [-0.2, 0) is 16.0 Å². The minimum Gasteiger partial charge on any atom is -0.459 e. The number of carbonyl (C=O) groups is 3. The normalized spacial score (nSPS) is 16.8. The van der Waals surface area contributed by atoms with Gasteiger partial charge in [0.05, 0.1) is 12.9 Å². The third-order valence-corrected chi connectivity index (χ3v) is 7.84. The van der Waals surface area contributed by atoms with Gasteiger partial charge in [0.25, 0.3) is 11.8 Å². The fourth-order valence-corrected chi connectivity index (χ4v) is 5.75. The molecule has 5 rings (SSSR count). The number of para-hydroxylation sites is 1. The second kappa shape index (κ2) is 11.1. The first-order valence-electron chi connectivity index (χ1n) is 12.5. The minimum atomic E-state index is -0.821. The van der Waals surface area contributed by atoms with Gasteiger partial charge in [-0.15, -0.1) is 0 Å². The lowest BCUT2D eigenvalue weighted by atomic mass is 9.85. The summed E-state index contributed by atoms with van der Waals surface area (Å²) in [5.41, 5.74) is 0.976. The molecule has 0 aliphatic carbocycles. The summed E-state index contributed by atoms with van der Waals surface area (Å²) in [5, 5.41) is 4.01. The van der Waals surface area contributed by atoms with Gasteiger partial charge in [0.1, 0.15) is 12.1 Å². The average Bonchev–Trinajstić information content (AvgIpc) is 3.55. The van der Waals surface area contributed by atoms with E-state index in [0.717, 1.165) is 11.3 Å². The highest BCUT2D eigenvalue weighted by Gasteiger charge is 2.54. The second-order valence-corrected chi connectivity index (χ2v) is 10.4. The number of furan rings is 1. The third-order valence-electron chi connectivity index (χ3n) is 7.26. The molecule has 10 heteroatoms. The fourth-order valence-electron chi connectivity index (χ4n) is 5.25. The zero-order chi connectivity index (χ0) is 26.7. The first-order chi connectivity index (χ1) is 18.4. The van der Waals surface area contributed by atoms with Gasteiger partial charge in [-0.3, -0.25) is 14.4 Å². The van der Waals surface area contributed by atoms with E-state index in [0.29, 0.717) is 55.6 Å². The van der Waals surface area contributed by atoms with E-state index < -0.39 is 5.54 Å². The van der Waals surface area contributed by atoms with Crippen LogP contribution in [0.2, 0.25) is 10.0 Å².